The van der Waals surface area contributed by atoms with Gasteiger partial charge in [-0.2, -0.15) is 4.98 Å². The van der Waals surface area contributed by atoms with E-state index >= 15 is 0 Å². The lowest BCUT2D eigenvalue weighted by atomic mass is 10.0. The lowest BCUT2D eigenvalue weighted by Crippen LogP contribution is -2.16. The van der Waals surface area contributed by atoms with Gasteiger partial charge in [0.15, 0.2) is 0 Å². The van der Waals surface area contributed by atoms with E-state index in [-0.39, 0.29) is 6.61 Å². The van der Waals surface area contributed by atoms with Gasteiger partial charge in [0.1, 0.15) is 5.82 Å². The first-order valence-corrected chi connectivity index (χ1v) is 5.65. The van der Waals surface area contributed by atoms with Crippen LogP contribution in [0.5, 0.6) is 0 Å². The van der Waals surface area contributed by atoms with E-state index in [0.29, 0.717) is 11.9 Å². The summed E-state index contributed by atoms with van der Waals surface area (Å²) in [5.41, 5.74) is 0. The number of nitrogens with one attached hydrogen (secondary N) is 2. The van der Waals surface area contributed by atoms with Crippen LogP contribution in [0.4, 0.5) is 11.8 Å². The van der Waals surface area contributed by atoms with Crippen LogP contribution in [0.25, 0.3) is 0 Å². The predicted molar refractivity (Wildman–Crippen MR) is 65.6 cm³/mol. The average molecular weight is 224 g/mol. The van der Waals surface area contributed by atoms with Gasteiger partial charge in [-0.15, -0.1) is 0 Å². The van der Waals surface area contributed by atoms with Gasteiger partial charge in [0, 0.05) is 26.4 Å². The summed E-state index contributed by atoms with van der Waals surface area (Å²) in [5, 5.41) is 15.0. The van der Waals surface area contributed by atoms with Gasteiger partial charge in [0.2, 0.25) is 5.95 Å². The zero-order chi connectivity index (χ0) is 11.8. The summed E-state index contributed by atoms with van der Waals surface area (Å²) in [5.74, 6) is 1.91. The zero-order valence-electron chi connectivity index (χ0n) is 9.90. The van der Waals surface area contributed by atoms with Crippen molar-refractivity contribution < 1.29 is 5.11 Å². The Kier molecular flexibility index (Phi) is 5.56. The quantitative estimate of drug-likeness (QED) is 0.652. The van der Waals surface area contributed by atoms with E-state index in [1.165, 1.54) is 0 Å². The normalized spacial score (nSPS) is 12.2. The Morgan fingerprint density at radius 1 is 1.50 bits per heavy atom. The molecule has 0 amide bonds. The lowest BCUT2D eigenvalue weighted by molar-refractivity contribution is 0.258. The summed E-state index contributed by atoms with van der Waals surface area (Å²) in [6.07, 6.45) is 3.60. The molecule has 0 aliphatic heterocycles. The third-order valence-corrected chi connectivity index (χ3v) is 2.57. The lowest BCUT2D eigenvalue weighted by Gasteiger charge is -2.14. The molecule has 5 heteroatoms. The fourth-order valence-corrected chi connectivity index (χ4v) is 1.46. The van der Waals surface area contributed by atoms with Crippen molar-refractivity contribution in [2.75, 3.05) is 30.8 Å². The van der Waals surface area contributed by atoms with Crippen LogP contribution < -0.4 is 10.6 Å². The number of rotatable bonds is 7. The van der Waals surface area contributed by atoms with Crippen molar-refractivity contribution in [3.63, 3.8) is 0 Å². The van der Waals surface area contributed by atoms with E-state index in [4.69, 9.17) is 5.11 Å². The summed E-state index contributed by atoms with van der Waals surface area (Å²) < 4.78 is 0. The van der Waals surface area contributed by atoms with Crippen LogP contribution in [0.1, 0.15) is 19.8 Å². The molecular weight excluding hydrogens is 204 g/mol. The van der Waals surface area contributed by atoms with Crippen LogP contribution in [0.3, 0.4) is 0 Å². The molecule has 1 rings (SSSR count). The van der Waals surface area contributed by atoms with Crippen molar-refractivity contribution in [2.45, 2.75) is 19.8 Å². The highest BCUT2D eigenvalue weighted by Crippen LogP contribution is 2.10. The predicted octanol–water partition coefficient (Wildman–Crippen LogP) is 1.34. The molecular formula is C11H20N4O. The third kappa shape index (κ3) is 4.02. The molecule has 1 atom stereocenters. The number of aliphatic hydroxyl groups is 1. The van der Waals surface area contributed by atoms with Crippen LogP contribution in [-0.4, -0.2) is 35.3 Å². The molecule has 0 aliphatic carbocycles. The number of anilines is 2. The number of aromatic nitrogens is 2. The van der Waals surface area contributed by atoms with E-state index in [2.05, 4.69) is 27.5 Å². The van der Waals surface area contributed by atoms with Crippen molar-refractivity contribution in [1.82, 2.24) is 9.97 Å². The monoisotopic (exact) mass is 224 g/mol. The number of hydrogen-bond acceptors (Lipinski definition) is 5. The summed E-state index contributed by atoms with van der Waals surface area (Å²) in [7, 11) is 1.79. The van der Waals surface area contributed by atoms with Gasteiger partial charge in [0.05, 0.1) is 0 Å². The fourth-order valence-electron chi connectivity index (χ4n) is 1.46. The SMILES string of the molecule is CCC(CCO)CNc1ccnc(NC)n1. The molecule has 0 aromatic carbocycles. The molecule has 0 bridgehead atoms. The van der Waals surface area contributed by atoms with Crippen LogP contribution in [0.15, 0.2) is 12.3 Å². The van der Waals surface area contributed by atoms with E-state index in [9.17, 15) is 0 Å². The zero-order valence-corrected chi connectivity index (χ0v) is 9.90. The van der Waals surface area contributed by atoms with E-state index < -0.39 is 0 Å². The molecule has 1 aromatic heterocycles. The average Bonchev–Trinajstić information content (AvgIpc) is 2.34. The molecule has 16 heavy (non-hydrogen) atoms. The Bertz CT molecular complexity index is 306. The minimum absolute atomic E-state index is 0.242. The maximum atomic E-state index is 8.88. The molecule has 0 aliphatic rings. The summed E-state index contributed by atoms with van der Waals surface area (Å²) >= 11 is 0. The topological polar surface area (TPSA) is 70.1 Å². The molecule has 1 unspecified atom stereocenters. The Balaban J connectivity index is 2.46. The molecule has 90 valence electrons. The van der Waals surface area contributed by atoms with Crippen LogP contribution >= 0.6 is 0 Å². The van der Waals surface area contributed by atoms with Gasteiger partial charge in [-0.1, -0.05) is 13.3 Å². The van der Waals surface area contributed by atoms with Crippen molar-refractivity contribution in [2.24, 2.45) is 5.92 Å². The van der Waals surface area contributed by atoms with Gasteiger partial charge >= 0.3 is 0 Å². The Morgan fingerprint density at radius 3 is 2.94 bits per heavy atom. The third-order valence-electron chi connectivity index (χ3n) is 2.57. The standard InChI is InChI=1S/C11H20N4O/c1-3-9(5-7-16)8-14-10-4-6-13-11(12-2)15-10/h4,6,9,16H,3,5,7-8H2,1-2H3,(H2,12,13,14,15). The minimum atomic E-state index is 0.242. The molecule has 1 aromatic rings. The second kappa shape index (κ2) is 7.00. The molecule has 0 spiro atoms. The minimum Gasteiger partial charge on any atom is -0.396 e. The van der Waals surface area contributed by atoms with Crippen LogP contribution in [0.2, 0.25) is 0 Å². The maximum Gasteiger partial charge on any atom is 0.224 e. The molecule has 0 fully saturated rings. The molecule has 0 saturated carbocycles. The Labute approximate surface area is 96.3 Å². The molecule has 1 heterocycles. The second-order valence-corrected chi connectivity index (χ2v) is 3.68. The molecule has 0 saturated heterocycles. The highest BCUT2D eigenvalue weighted by molar-refractivity contribution is 5.39. The van der Waals surface area contributed by atoms with Gasteiger partial charge in [-0.3, -0.25) is 0 Å². The summed E-state index contributed by atoms with van der Waals surface area (Å²) in [6, 6.07) is 1.84. The summed E-state index contributed by atoms with van der Waals surface area (Å²) in [4.78, 5) is 8.30. The second-order valence-electron chi connectivity index (χ2n) is 3.68. The largest absolute Gasteiger partial charge is 0.396 e. The van der Waals surface area contributed by atoms with E-state index in [0.717, 1.165) is 25.2 Å². The van der Waals surface area contributed by atoms with E-state index in [1.54, 1.807) is 13.2 Å². The Hall–Kier alpha value is -1.36. The van der Waals surface area contributed by atoms with Crippen molar-refractivity contribution >= 4 is 11.8 Å². The number of aliphatic hydroxyl groups excluding tert-OH is 1. The van der Waals surface area contributed by atoms with Crippen molar-refractivity contribution in [1.29, 1.82) is 0 Å². The van der Waals surface area contributed by atoms with Gasteiger partial charge in [0.25, 0.3) is 0 Å². The number of hydrogen-bond donors (Lipinski definition) is 3. The smallest absolute Gasteiger partial charge is 0.224 e. The van der Waals surface area contributed by atoms with E-state index in [1.807, 2.05) is 6.07 Å². The van der Waals surface area contributed by atoms with Crippen LogP contribution in [0, 0.1) is 5.92 Å². The summed E-state index contributed by atoms with van der Waals surface area (Å²) in [6.45, 7) is 3.20. The highest BCUT2D eigenvalue weighted by atomic mass is 16.3. The van der Waals surface area contributed by atoms with Crippen LogP contribution in [-0.2, 0) is 0 Å². The van der Waals surface area contributed by atoms with Gasteiger partial charge in [-0.25, -0.2) is 4.98 Å². The van der Waals surface area contributed by atoms with Crippen molar-refractivity contribution in [3.8, 4) is 0 Å². The highest BCUT2D eigenvalue weighted by Gasteiger charge is 2.05. The first-order chi connectivity index (χ1) is 7.80. The molecule has 5 nitrogen and oxygen atoms in total. The van der Waals surface area contributed by atoms with Gasteiger partial charge < -0.3 is 15.7 Å². The molecule has 0 radical (unpaired) electrons. The fraction of sp³-hybridized carbons (Fsp3) is 0.636. The first-order valence-electron chi connectivity index (χ1n) is 5.65. The first kappa shape index (κ1) is 12.7. The van der Waals surface area contributed by atoms with Gasteiger partial charge in [-0.05, 0) is 18.4 Å². The molecule has 3 N–H and O–H groups in total. The number of nitrogens with zero attached hydrogens (tertiary/aromatic N) is 2. The maximum absolute atomic E-state index is 8.88. The Morgan fingerprint density at radius 2 is 2.31 bits per heavy atom. The van der Waals surface area contributed by atoms with Crippen molar-refractivity contribution in [3.05, 3.63) is 12.3 Å².